The first-order valence-electron chi connectivity index (χ1n) is 5.63. The largest absolute Gasteiger partial charge is 0.360 e. The molecule has 0 bridgehead atoms. The molecule has 0 aromatic heterocycles. The molecule has 0 saturated carbocycles. The lowest BCUT2D eigenvalue weighted by Crippen LogP contribution is -2.65. The minimum Gasteiger partial charge on any atom is -0.360 e. The van der Waals surface area contributed by atoms with Crippen molar-refractivity contribution in [2.45, 2.75) is 18.8 Å². The van der Waals surface area contributed by atoms with Crippen molar-refractivity contribution in [2.75, 3.05) is 6.54 Å². The van der Waals surface area contributed by atoms with E-state index >= 15 is 0 Å². The van der Waals surface area contributed by atoms with Crippen molar-refractivity contribution in [1.82, 2.24) is 4.90 Å². The Bertz CT molecular complexity index is 478. The minimum absolute atomic E-state index is 0.0267. The first-order chi connectivity index (χ1) is 8.77. The molecule has 2 atom stereocenters. The van der Waals surface area contributed by atoms with E-state index in [-0.39, 0.29) is 12.5 Å². The average Bonchev–Trinajstić information content (AvgIpc) is 2.42. The summed E-state index contributed by atoms with van der Waals surface area (Å²) in [5, 5.41) is 0. The summed E-state index contributed by atoms with van der Waals surface area (Å²) in [4.78, 5) is 23.4. The summed E-state index contributed by atoms with van der Waals surface area (Å²) in [6.45, 7) is 0.364. The van der Waals surface area contributed by atoms with Crippen molar-refractivity contribution in [1.29, 1.82) is 0 Å². The first kappa shape index (κ1) is 12.3. The topological polar surface area (TPSA) is 46.6 Å². The van der Waals surface area contributed by atoms with Crippen LogP contribution >= 0.6 is 0 Å². The summed E-state index contributed by atoms with van der Waals surface area (Å²) in [6, 6.07) is 9.10. The Morgan fingerprint density at radius 2 is 2.11 bits per heavy atom. The Balaban J connectivity index is 1.93. The molecule has 1 heterocycles. The van der Waals surface area contributed by atoms with Crippen LogP contribution in [0.15, 0.2) is 30.3 Å². The first-order valence-corrected chi connectivity index (χ1v) is 5.63. The molecular weight excluding hydrogens is 230 g/mol. The van der Waals surface area contributed by atoms with Gasteiger partial charge in [-0.25, -0.2) is 0 Å². The Hall–Kier alpha value is -2.12. The second kappa shape index (κ2) is 5.48. The number of aldehydes is 1. The Kier molecular flexibility index (Phi) is 3.75. The molecule has 18 heavy (non-hydrogen) atoms. The SMILES string of the molecule is C#C[C@@H]1[C@H](OCc2ccccc2)C(=O)N1CC=O. The molecule has 1 aromatic carbocycles. The van der Waals surface area contributed by atoms with Crippen LogP contribution in [0.2, 0.25) is 0 Å². The lowest BCUT2D eigenvalue weighted by atomic mass is 9.99. The van der Waals surface area contributed by atoms with Crippen LogP contribution in [-0.4, -0.2) is 35.8 Å². The molecule has 0 radical (unpaired) electrons. The van der Waals surface area contributed by atoms with Gasteiger partial charge in [-0.15, -0.1) is 6.42 Å². The van der Waals surface area contributed by atoms with E-state index in [2.05, 4.69) is 5.92 Å². The molecule has 1 aliphatic rings. The molecule has 92 valence electrons. The van der Waals surface area contributed by atoms with Gasteiger partial charge < -0.3 is 14.4 Å². The summed E-state index contributed by atoms with van der Waals surface area (Å²) in [6.07, 6.45) is 5.37. The van der Waals surface area contributed by atoms with Gasteiger partial charge >= 0.3 is 0 Å². The van der Waals surface area contributed by atoms with Crippen molar-refractivity contribution < 1.29 is 14.3 Å². The molecule has 4 heteroatoms. The smallest absolute Gasteiger partial charge is 0.256 e. The van der Waals surface area contributed by atoms with Gasteiger partial charge in [0.15, 0.2) is 6.10 Å². The number of hydrogen-bond donors (Lipinski definition) is 0. The Morgan fingerprint density at radius 3 is 2.72 bits per heavy atom. The van der Waals surface area contributed by atoms with E-state index < -0.39 is 12.1 Å². The van der Waals surface area contributed by atoms with E-state index in [1.165, 1.54) is 4.90 Å². The van der Waals surface area contributed by atoms with E-state index in [1.807, 2.05) is 30.3 Å². The van der Waals surface area contributed by atoms with Gasteiger partial charge in [0, 0.05) is 0 Å². The predicted octanol–water partition coefficient (Wildman–Crippen LogP) is 0.615. The third-order valence-electron chi connectivity index (χ3n) is 2.86. The molecule has 0 spiro atoms. The van der Waals surface area contributed by atoms with E-state index in [0.29, 0.717) is 12.9 Å². The molecule has 1 aliphatic heterocycles. The summed E-state index contributed by atoms with van der Waals surface area (Å²) in [5.74, 6) is 2.25. The van der Waals surface area contributed by atoms with Crippen LogP contribution in [0, 0.1) is 12.3 Å². The average molecular weight is 243 g/mol. The summed E-state index contributed by atoms with van der Waals surface area (Å²) < 4.78 is 5.51. The molecule has 1 saturated heterocycles. The summed E-state index contributed by atoms with van der Waals surface area (Å²) >= 11 is 0. The number of hydrogen-bond acceptors (Lipinski definition) is 3. The lowest BCUT2D eigenvalue weighted by molar-refractivity contribution is -0.170. The highest BCUT2D eigenvalue weighted by Gasteiger charge is 2.47. The number of β-lactam (4-membered cyclic amide) rings is 1. The van der Waals surface area contributed by atoms with Gasteiger partial charge in [-0.2, -0.15) is 0 Å². The van der Waals surface area contributed by atoms with Crippen molar-refractivity contribution in [3.05, 3.63) is 35.9 Å². The van der Waals surface area contributed by atoms with Crippen LogP contribution in [0.25, 0.3) is 0 Å². The fourth-order valence-corrected chi connectivity index (χ4v) is 1.90. The maximum absolute atomic E-state index is 11.7. The zero-order chi connectivity index (χ0) is 13.0. The highest BCUT2D eigenvalue weighted by Crippen LogP contribution is 2.22. The number of benzene rings is 1. The lowest BCUT2D eigenvalue weighted by Gasteiger charge is -2.42. The molecule has 0 N–H and O–H groups in total. The van der Waals surface area contributed by atoms with Gasteiger partial charge in [0.05, 0.1) is 13.2 Å². The van der Waals surface area contributed by atoms with Gasteiger partial charge in [0.2, 0.25) is 0 Å². The second-order valence-electron chi connectivity index (χ2n) is 3.99. The third kappa shape index (κ3) is 2.27. The number of carbonyl (C=O) groups is 2. The molecule has 0 unspecified atom stereocenters. The molecule has 4 nitrogen and oxygen atoms in total. The maximum atomic E-state index is 11.7. The van der Waals surface area contributed by atoms with E-state index in [0.717, 1.165) is 5.56 Å². The predicted molar refractivity (Wildman–Crippen MR) is 65.4 cm³/mol. The normalized spacial score (nSPS) is 22.2. The summed E-state index contributed by atoms with van der Waals surface area (Å²) in [5.41, 5.74) is 0.981. The fourth-order valence-electron chi connectivity index (χ4n) is 1.90. The zero-order valence-corrected chi connectivity index (χ0v) is 9.78. The molecule has 2 rings (SSSR count). The highest BCUT2D eigenvalue weighted by molar-refractivity contribution is 5.91. The van der Waals surface area contributed by atoms with E-state index in [9.17, 15) is 9.59 Å². The number of terminal acetylenes is 1. The number of amides is 1. The van der Waals surface area contributed by atoms with Crippen LogP contribution in [0.4, 0.5) is 0 Å². The second-order valence-corrected chi connectivity index (χ2v) is 3.99. The molecule has 1 fully saturated rings. The standard InChI is InChI=1S/C14H13NO3/c1-2-12-13(14(17)15(12)8-9-16)18-10-11-6-4-3-5-7-11/h1,3-7,9,12-13H,8,10H2/t12-,13+/m1/s1. The number of ether oxygens (including phenoxy) is 1. The summed E-state index contributed by atoms with van der Waals surface area (Å²) in [7, 11) is 0. The van der Waals surface area contributed by atoms with E-state index in [4.69, 9.17) is 11.2 Å². The van der Waals surface area contributed by atoms with Crippen LogP contribution in [0.3, 0.4) is 0 Å². The van der Waals surface area contributed by atoms with Crippen LogP contribution in [0.5, 0.6) is 0 Å². The van der Waals surface area contributed by atoms with E-state index in [1.54, 1.807) is 0 Å². The van der Waals surface area contributed by atoms with Gasteiger partial charge in [0.25, 0.3) is 5.91 Å². The number of rotatable bonds is 5. The zero-order valence-electron chi connectivity index (χ0n) is 9.78. The van der Waals surface area contributed by atoms with Crippen molar-refractivity contribution in [3.63, 3.8) is 0 Å². The van der Waals surface area contributed by atoms with Gasteiger partial charge in [-0.1, -0.05) is 36.3 Å². The quantitative estimate of drug-likeness (QED) is 0.432. The number of likely N-dealkylation sites (tertiary alicyclic amines) is 1. The van der Waals surface area contributed by atoms with Gasteiger partial charge in [-0.05, 0) is 5.56 Å². The minimum atomic E-state index is -0.629. The molecule has 1 amide bonds. The van der Waals surface area contributed by atoms with Crippen LogP contribution < -0.4 is 0 Å². The monoisotopic (exact) mass is 243 g/mol. The number of carbonyl (C=O) groups excluding carboxylic acids is 2. The van der Waals surface area contributed by atoms with Crippen molar-refractivity contribution >= 4 is 12.2 Å². The number of nitrogens with zero attached hydrogens (tertiary/aromatic N) is 1. The Labute approximate surface area is 106 Å². The molecular formula is C14H13NO3. The van der Waals surface area contributed by atoms with Crippen molar-refractivity contribution in [2.24, 2.45) is 0 Å². The fraction of sp³-hybridized carbons (Fsp3) is 0.286. The third-order valence-corrected chi connectivity index (χ3v) is 2.86. The van der Waals surface area contributed by atoms with Crippen LogP contribution in [-0.2, 0) is 20.9 Å². The maximum Gasteiger partial charge on any atom is 0.256 e. The molecule has 0 aliphatic carbocycles. The Morgan fingerprint density at radius 1 is 1.39 bits per heavy atom. The van der Waals surface area contributed by atoms with Crippen LogP contribution in [0.1, 0.15) is 5.56 Å². The molecule has 1 aromatic rings. The van der Waals surface area contributed by atoms with Crippen molar-refractivity contribution in [3.8, 4) is 12.3 Å². The van der Waals surface area contributed by atoms with Gasteiger partial charge in [0.1, 0.15) is 12.3 Å². The van der Waals surface area contributed by atoms with Gasteiger partial charge in [-0.3, -0.25) is 4.79 Å². The highest BCUT2D eigenvalue weighted by atomic mass is 16.5.